The third kappa shape index (κ3) is 5.39. The number of nitrogens with zero attached hydrogens (tertiary/aromatic N) is 2. The zero-order valence-corrected chi connectivity index (χ0v) is 21.0. The summed E-state index contributed by atoms with van der Waals surface area (Å²) in [5, 5.41) is 2.93. The smallest absolute Gasteiger partial charge is 0.264 e. The average Bonchev–Trinajstić information content (AvgIpc) is 3.42. The van der Waals surface area contributed by atoms with Crippen molar-refractivity contribution in [3.8, 4) is 0 Å². The maximum atomic E-state index is 13.0. The first-order valence-corrected chi connectivity index (χ1v) is 13.9. The van der Waals surface area contributed by atoms with Crippen LogP contribution in [0.5, 0.6) is 0 Å². The highest BCUT2D eigenvalue weighted by atomic mass is 32.2. The Labute approximate surface area is 206 Å². The first-order valence-electron chi connectivity index (χ1n) is 11.2. The number of hydrogen-bond donors (Lipinski definition) is 1. The molecule has 0 bridgehead atoms. The van der Waals surface area contributed by atoms with Gasteiger partial charge in [-0.25, -0.2) is 8.42 Å². The van der Waals surface area contributed by atoms with Crippen LogP contribution in [0.3, 0.4) is 0 Å². The Morgan fingerprint density at radius 3 is 2.15 bits per heavy atom. The average molecular weight is 496 g/mol. The summed E-state index contributed by atoms with van der Waals surface area (Å²) < 4.78 is 27.1. The van der Waals surface area contributed by atoms with Crippen molar-refractivity contribution >= 4 is 39.1 Å². The van der Waals surface area contributed by atoms with Gasteiger partial charge >= 0.3 is 0 Å². The summed E-state index contributed by atoms with van der Waals surface area (Å²) in [6.45, 7) is 2.64. The van der Waals surface area contributed by atoms with E-state index in [9.17, 15) is 13.2 Å². The molecule has 3 aromatic rings. The second kappa shape index (κ2) is 10.5. The van der Waals surface area contributed by atoms with Crippen molar-refractivity contribution in [2.75, 3.05) is 35.6 Å². The Balaban J connectivity index is 1.37. The Morgan fingerprint density at radius 2 is 1.56 bits per heavy atom. The Bertz CT molecular complexity index is 1220. The number of rotatable bonds is 8. The minimum absolute atomic E-state index is 0.201. The van der Waals surface area contributed by atoms with Crippen molar-refractivity contribution in [1.29, 1.82) is 0 Å². The molecule has 34 heavy (non-hydrogen) atoms. The summed E-state index contributed by atoms with van der Waals surface area (Å²) in [4.78, 5) is 16.2. The van der Waals surface area contributed by atoms with Crippen molar-refractivity contribution in [3.63, 3.8) is 0 Å². The maximum Gasteiger partial charge on any atom is 0.264 e. The van der Waals surface area contributed by atoms with Crippen molar-refractivity contribution in [2.24, 2.45) is 0 Å². The number of thioether (sulfide) groups is 1. The lowest BCUT2D eigenvalue weighted by Crippen LogP contribution is -2.27. The van der Waals surface area contributed by atoms with Gasteiger partial charge in [0.1, 0.15) is 0 Å². The van der Waals surface area contributed by atoms with Crippen LogP contribution < -0.4 is 14.5 Å². The lowest BCUT2D eigenvalue weighted by molar-refractivity contribution is 0.0951. The maximum absolute atomic E-state index is 13.0. The minimum atomic E-state index is -3.69. The van der Waals surface area contributed by atoms with Crippen LogP contribution in [-0.2, 0) is 16.6 Å². The lowest BCUT2D eigenvalue weighted by atomic mass is 10.1. The van der Waals surface area contributed by atoms with Gasteiger partial charge in [-0.3, -0.25) is 9.10 Å². The fourth-order valence-electron chi connectivity index (χ4n) is 3.95. The van der Waals surface area contributed by atoms with Gasteiger partial charge in [0.15, 0.2) is 0 Å². The van der Waals surface area contributed by atoms with E-state index in [-0.39, 0.29) is 10.8 Å². The predicted molar refractivity (Wildman–Crippen MR) is 139 cm³/mol. The largest absolute Gasteiger partial charge is 0.372 e. The van der Waals surface area contributed by atoms with E-state index in [0.29, 0.717) is 17.8 Å². The molecule has 1 fully saturated rings. The molecule has 0 spiro atoms. The Hall–Kier alpha value is -2.97. The van der Waals surface area contributed by atoms with Gasteiger partial charge in [-0.15, -0.1) is 11.8 Å². The highest BCUT2D eigenvalue weighted by Gasteiger charge is 2.21. The summed E-state index contributed by atoms with van der Waals surface area (Å²) in [5.74, 6) is -0.201. The van der Waals surface area contributed by atoms with Crippen LogP contribution in [0.25, 0.3) is 0 Å². The van der Waals surface area contributed by atoms with Gasteiger partial charge in [0.25, 0.3) is 15.9 Å². The molecule has 0 unspecified atom stereocenters. The molecule has 1 heterocycles. The molecule has 0 atom stereocenters. The van der Waals surface area contributed by atoms with Gasteiger partial charge < -0.3 is 10.2 Å². The summed E-state index contributed by atoms with van der Waals surface area (Å²) in [7, 11) is -2.17. The Morgan fingerprint density at radius 1 is 0.941 bits per heavy atom. The van der Waals surface area contributed by atoms with E-state index >= 15 is 0 Å². The minimum Gasteiger partial charge on any atom is -0.372 e. The molecular formula is C26H29N3O3S2. The first-order chi connectivity index (χ1) is 16.4. The number of nitrogens with one attached hydrogen (secondary N) is 1. The molecule has 1 aliphatic rings. The zero-order valence-electron chi connectivity index (χ0n) is 19.4. The fraction of sp³-hybridized carbons (Fsp3) is 0.269. The van der Waals surface area contributed by atoms with Gasteiger partial charge in [0.2, 0.25) is 0 Å². The van der Waals surface area contributed by atoms with Crippen molar-refractivity contribution < 1.29 is 13.2 Å². The van der Waals surface area contributed by atoms with Crippen molar-refractivity contribution in [3.05, 3.63) is 83.9 Å². The summed E-state index contributed by atoms with van der Waals surface area (Å²) in [6.07, 6.45) is 4.42. The molecule has 6 nitrogen and oxygen atoms in total. The van der Waals surface area contributed by atoms with Gasteiger partial charge in [-0.2, -0.15) is 0 Å². The van der Waals surface area contributed by atoms with Crippen molar-refractivity contribution in [2.45, 2.75) is 29.2 Å². The fourth-order valence-corrected chi connectivity index (χ4v) is 5.56. The van der Waals surface area contributed by atoms with Crippen molar-refractivity contribution in [1.82, 2.24) is 5.32 Å². The van der Waals surface area contributed by atoms with E-state index in [1.165, 1.54) is 29.9 Å². The summed E-state index contributed by atoms with van der Waals surface area (Å²) >= 11 is 1.56. The molecule has 1 aliphatic heterocycles. The van der Waals surface area contributed by atoms with E-state index in [0.717, 1.165) is 23.5 Å². The molecule has 0 aromatic heterocycles. The summed E-state index contributed by atoms with van der Waals surface area (Å²) in [5.41, 5.74) is 3.23. The van der Waals surface area contributed by atoms with Crippen LogP contribution in [0.2, 0.25) is 0 Å². The monoisotopic (exact) mass is 495 g/mol. The molecule has 3 aromatic carbocycles. The molecule has 0 saturated carbocycles. The molecule has 1 amide bonds. The van der Waals surface area contributed by atoms with E-state index in [1.54, 1.807) is 60.3 Å². The molecule has 0 radical (unpaired) electrons. The summed E-state index contributed by atoms with van der Waals surface area (Å²) in [6, 6.07) is 21.7. The van der Waals surface area contributed by atoms with E-state index in [1.807, 2.05) is 18.4 Å². The molecule has 1 N–H and O–H groups in total. The topological polar surface area (TPSA) is 69.7 Å². The zero-order chi connectivity index (χ0) is 24.1. The molecule has 178 valence electrons. The van der Waals surface area contributed by atoms with Crippen LogP contribution in [0.15, 0.2) is 82.6 Å². The molecular weight excluding hydrogens is 466 g/mol. The number of hydrogen-bond acceptors (Lipinski definition) is 5. The third-order valence-electron chi connectivity index (χ3n) is 6.07. The molecule has 1 saturated heterocycles. The SMILES string of the molecule is CSc1ccc(S(=O)(=O)N(C)c2ccc(C(=O)NCc3ccc(N4CCCC4)cc3)cc2)cc1. The second-order valence-corrected chi connectivity index (χ2v) is 11.1. The third-order valence-corrected chi connectivity index (χ3v) is 8.61. The highest BCUT2D eigenvalue weighted by Crippen LogP contribution is 2.25. The first kappa shape index (κ1) is 24.2. The van der Waals surface area contributed by atoms with Gasteiger partial charge in [-0.1, -0.05) is 12.1 Å². The molecule has 4 rings (SSSR count). The van der Waals surface area contributed by atoms with Gasteiger partial charge in [0.05, 0.1) is 10.6 Å². The van der Waals surface area contributed by atoms with Crippen LogP contribution in [-0.4, -0.2) is 40.7 Å². The van der Waals surface area contributed by atoms with Crippen LogP contribution >= 0.6 is 11.8 Å². The van der Waals surface area contributed by atoms with E-state index < -0.39 is 10.0 Å². The van der Waals surface area contributed by atoms with Gasteiger partial charge in [-0.05, 0) is 85.3 Å². The van der Waals surface area contributed by atoms with Gasteiger partial charge in [0, 0.05) is 42.8 Å². The number of benzene rings is 3. The molecule has 8 heteroatoms. The number of anilines is 2. The molecule has 0 aliphatic carbocycles. The number of carbonyl (C=O) groups is 1. The second-order valence-electron chi connectivity index (χ2n) is 8.24. The highest BCUT2D eigenvalue weighted by molar-refractivity contribution is 7.98. The van der Waals surface area contributed by atoms with E-state index in [4.69, 9.17) is 0 Å². The van der Waals surface area contributed by atoms with Crippen LogP contribution in [0.1, 0.15) is 28.8 Å². The van der Waals surface area contributed by atoms with Crippen LogP contribution in [0.4, 0.5) is 11.4 Å². The van der Waals surface area contributed by atoms with E-state index in [2.05, 4.69) is 22.3 Å². The predicted octanol–water partition coefficient (Wildman–Crippen LogP) is 4.76. The number of sulfonamides is 1. The standard InChI is InChI=1S/C26H29N3O3S2/c1-28(34(31,32)25-15-13-24(33-2)14-16-25)22-11-7-21(8-12-22)26(30)27-19-20-5-9-23(10-6-20)29-17-3-4-18-29/h5-16H,3-4,17-19H2,1-2H3,(H,27,30). The van der Waals surface area contributed by atoms with Crippen LogP contribution in [0, 0.1) is 0 Å². The Kier molecular flexibility index (Phi) is 7.48. The quantitative estimate of drug-likeness (QED) is 0.456. The lowest BCUT2D eigenvalue weighted by Gasteiger charge is -2.20. The number of amides is 1. The normalized spacial score (nSPS) is 13.6. The number of carbonyl (C=O) groups excluding carboxylic acids is 1.